The number of benzene rings is 2. The van der Waals surface area contributed by atoms with Gasteiger partial charge in [0, 0.05) is 18.7 Å². The van der Waals surface area contributed by atoms with E-state index in [2.05, 4.69) is 0 Å². The van der Waals surface area contributed by atoms with Gasteiger partial charge in [-0.25, -0.2) is 0 Å². The van der Waals surface area contributed by atoms with Crippen LogP contribution < -0.4 is 0 Å². The molecule has 1 amide bonds. The number of nitrogens with zero attached hydrogens (tertiary/aromatic N) is 1. The topological polar surface area (TPSA) is 76.1 Å². The summed E-state index contributed by atoms with van der Waals surface area (Å²) in [6.45, 7) is 0.918. The van der Waals surface area contributed by atoms with Crippen molar-refractivity contribution in [1.29, 1.82) is 0 Å². The van der Waals surface area contributed by atoms with Gasteiger partial charge in [-0.3, -0.25) is 9.59 Å². The predicted octanol–water partition coefficient (Wildman–Crippen LogP) is 3.27. The van der Waals surface area contributed by atoms with Crippen LogP contribution in [0.4, 0.5) is 13.2 Å². The zero-order valence-electron chi connectivity index (χ0n) is 18.0. The molecule has 176 valence electrons. The van der Waals surface area contributed by atoms with E-state index in [1.54, 1.807) is 29.2 Å². The van der Waals surface area contributed by atoms with Gasteiger partial charge in [0.05, 0.1) is 31.3 Å². The Labute approximate surface area is 188 Å². The average Bonchev–Trinajstić information content (AvgIpc) is 2.81. The van der Waals surface area contributed by atoms with Gasteiger partial charge in [0.25, 0.3) is 5.91 Å². The Morgan fingerprint density at radius 2 is 1.52 bits per heavy atom. The molecule has 0 bridgehead atoms. The normalized spacial score (nSPS) is 19.5. The molecule has 0 saturated carbocycles. The van der Waals surface area contributed by atoms with E-state index in [1.807, 2.05) is 0 Å². The molecular formula is C24H24F3NO5. The Hall–Kier alpha value is -2.91. The smallest absolute Gasteiger partial charge is 0.416 e. The number of esters is 1. The summed E-state index contributed by atoms with van der Waals surface area (Å²) in [5.41, 5.74) is -1.37. The number of hydrogen-bond acceptors (Lipinski definition) is 5. The third kappa shape index (κ3) is 4.22. The lowest BCUT2D eigenvalue weighted by atomic mass is 9.72. The number of aliphatic hydroxyl groups is 1. The second-order valence-electron chi connectivity index (χ2n) is 8.54. The van der Waals surface area contributed by atoms with Crippen molar-refractivity contribution in [2.24, 2.45) is 0 Å². The highest BCUT2D eigenvalue weighted by molar-refractivity contribution is 5.94. The van der Waals surface area contributed by atoms with Gasteiger partial charge in [0.15, 0.2) is 0 Å². The van der Waals surface area contributed by atoms with Crippen molar-refractivity contribution in [2.45, 2.75) is 30.0 Å². The molecule has 2 saturated heterocycles. The molecule has 2 aromatic carbocycles. The van der Waals surface area contributed by atoms with Crippen molar-refractivity contribution < 1.29 is 37.3 Å². The highest BCUT2D eigenvalue weighted by Gasteiger charge is 2.45. The van der Waals surface area contributed by atoms with Gasteiger partial charge < -0.3 is 19.5 Å². The van der Waals surface area contributed by atoms with Gasteiger partial charge in [0.1, 0.15) is 5.60 Å². The monoisotopic (exact) mass is 463 g/mol. The molecule has 2 aromatic rings. The van der Waals surface area contributed by atoms with Crippen LogP contribution in [0, 0.1) is 0 Å². The van der Waals surface area contributed by atoms with Crippen molar-refractivity contribution >= 4 is 11.9 Å². The quantitative estimate of drug-likeness (QED) is 0.705. The molecule has 33 heavy (non-hydrogen) atoms. The molecule has 2 aliphatic heterocycles. The van der Waals surface area contributed by atoms with Crippen LogP contribution in [0.5, 0.6) is 0 Å². The van der Waals surface area contributed by atoms with E-state index in [-0.39, 0.29) is 45.1 Å². The minimum atomic E-state index is -4.47. The molecule has 4 rings (SSSR count). The maximum absolute atomic E-state index is 13.0. The Morgan fingerprint density at radius 1 is 0.970 bits per heavy atom. The summed E-state index contributed by atoms with van der Waals surface area (Å²) in [6, 6.07) is 11.2. The molecule has 0 aromatic heterocycles. The van der Waals surface area contributed by atoms with Crippen LogP contribution in [0.15, 0.2) is 48.5 Å². The minimum absolute atomic E-state index is 0.214. The molecule has 2 fully saturated rings. The van der Waals surface area contributed by atoms with Gasteiger partial charge in [-0.15, -0.1) is 0 Å². The molecule has 6 nitrogen and oxygen atoms in total. The van der Waals surface area contributed by atoms with Gasteiger partial charge >= 0.3 is 12.1 Å². The fraction of sp³-hybridized carbons (Fsp3) is 0.417. The van der Waals surface area contributed by atoms with Crippen LogP contribution in [0.3, 0.4) is 0 Å². The lowest BCUT2D eigenvalue weighted by Gasteiger charge is -2.40. The number of methoxy groups -OCH3 is 1. The maximum Gasteiger partial charge on any atom is 0.416 e. The number of ether oxygens (including phenoxy) is 2. The van der Waals surface area contributed by atoms with Crippen LogP contribution in [0.2, 0.25) is 0 Å². The van der Waals surface area contributed by atoms with Gasteiger partial charge in [0.2, 0.25) is 0 Å². The first-order chi connectivity index (χ1) is 15.6. The van der Waals surface area contributed by atoms with E-state index in [1.165, 1.54) is 19.2 Å². The Kier molecular flexibility index (Phi) is 5.96. The second-order valence-corrected chi connectivity index (χ2v) is 8.54. The van der Waals surface area contributed by atoms with E-state index in [4.69, 9.17) is 9.47 Å². The SMILES string of the molecule is COC(=O)C1(c2ccc(C(F)(F)F)cc2)CCN(C(=O)c2ccc(C3(O)COC3)cc2)CC1. The van der Waals surface area contributed by atoms with E-state index >= 15 is 0 Å². The molecule has 0 aliphatic carbocycles. The lowest BCUT2D eigenvalue weighted by Crippen LogP contribution is -2.49. The van der Waals surface area contributed by atoms with E-state index < -0.39 is 28.7 Å². The Balaban J connectivity index is 1.49. The number of amides is 1. The third-order valence-corrected chi connectivity index (χ3v) is 6.60. The summed E-state index contributed by atoms with van der Waals surface area (Å²) < 4.78 is 48.9. The molecule has 2 aliphatic rings. The fourth-order valence-corrected chi connectivity index (χ4v) is 4.44. The highest BCUT2D eigenvalue weighted by Crippen LogP contribution is 2.39. The van der Waals surface area contributed by atoms with Crippen LogP contribution in [0.25, 0.3) is 0 Å². The van der Waals surface area contributed by atoms with Crippen molar-refractivity contribution in [1.82, 2.24) is 4.90 Å². The number of alkyl halides is 3. The van der Waals surface area contributed by atoms with E-state index in [0.717, 1.165) is 12.1 Å². The number of carbonyl (C=O) groups excluding carboxylic acids is 2. The minimum Gasteiger partial charge on any atom is -0.468 e. The van der Waals surface area contributed by atoms with E-state index in [0.29, 0.717) is 16.7 Å². The Bertz CT molecular complexity index is 1020. The fourth-order valence-electron chi connectivity index (χ4n) is 4.44. The number of hydrogen-bond donors (Lipinski definition) is 1. The molecule has 0 radical (unpaired) electrons. The third-order valence-electron chi connectivity index (χ3n) is 6.60. The first kappa shape index (κ1) is 23.3. The van der Waals surface area contributed by atoms with E-state index in [9.17, 15) is 27.9 Å². The summed E-state index contributed by atoms with van der Waals surface area (Å²) in [7, 11) is 1.24. The molecule has 9 heteroatoms. The number of likely N-dealkylation sites (tertiary alicyclic amines) is 1. The van der Waals surface area contributed by atoms with Gasteiger partial charge in [-0.1, -0.05) is 24.3 Å². The molecular weight excluding hydrogens is 439 g/mol. The van der Waals surface area contributed by atoms with Crippen LogP contribution in [-0.2, 0) is 31.5 Å². The maximum atomic E-state index is 13.0. The largest absolute Gasteiger partial charge is 0.468 e. The van der Waals surface area contributed by atoms with Crippen LogP contribution in [0.1, 0.15) is 39.9 Å². The molecule has 2 heterocycles. The van der Waals surface area contributed by atoms with Crippen molar-refractivity contribution in [3.05, 3.63) is 70.8 Å². The molecule has 0 atom stereocenters. The summed E-state index contributed by atoms with van der Waals surface area (Å²) >= 11 is 0. The first-order valence-corrected chi connectivity index (χ1v) is 10.6. The van der Waals surface area contributed by atoms with Gasteiger partial charge in [-0.2, -0.15) is 13.2 Å². The summed E-state index contributed by atoms with van der Waals surface area (Å²) in [6.07, 6.45) is -4.01. The second kappa shape index (κ2) is 8.46. The van der Waals surface area contributed by atoms with Crippen molar-refractivity contribution in [3.63, 3.8) is 0 Å². The van der Waals surface area contributed by atoms with Crippen LogP contribution >= 0.6 is 0 Å². The summed E-state index contributed by atoms with van der Waals surface area (Å²) in [5.74, 6) is -0.751. The molecule has 0 unspecified atom stereocenters. The molecule has 0 spiro atoms. The Morgan fingerprint density at radius 3 is 1.97 bits per heavy atom. The van der Waals surface area contributed by atoms with Crippen LogP contribution in [-0.4, -0.2) is 55.3 Å². The molecule has 1 N–H and O–H groups in total. The zero-order valence-corrected chi connectivity index (χ0v) is 18.0. The number of carbonyl (C=O) groups is 2. The van der Waals surface area contributed by atoms with Crippen molar-refractivity contribution in [3.8, 4) is 0 Å². The average molecular weight is 463 g/mol. The number of halogens is 3. The summed E-state index contributed by atoms with van der Waals surface area (Å²) in [5, 5.41) is 10.3. The standard InChI is InChI=1S/C24H24F3NO5/c1-32-21(30)22(17-6-8-19(9-7-17)24(25,26)27)10-12-28(13-11-22)20(29)16-2-4-18(5-3-16)23(31)14-33-15-23/h2-9,31H,10-15H2,1H3. The number of piperidine rings is 1. The number of rotatable bonds is 4. The van der Waals surface area contributed by atoms with Gasteiger partial charge in [-0.05, 0) is 48.2 Å². The predicted molar refractivity (Wildman–Crippen MR) is 111 cm³/mol. The zero-order chi connectivity index (χ0) is 23.9. The van der Waals surface area contributed by atoms with Crippen molar-refractivity contribution in [2.75, 3.05) is 33.4 Å². The highest BCUT2D eigenvalue weighted by atomic mass is 19.4. The first-order valence-electron chi connectivity index (χ1n) is 10.6. The summed E-state index contributed by atoms with van der Waals surface area (Å²) in [4.78, 5) is 27.3. The lowest BCUT2D eigenvalue weighted by molar-refractivity contribution is -0.184.